The van der Waals surface area contributed by atoms with E-state index in [-0.39, 0.29) is 5.97 Å². The molecular weight excluding hydrogens is 334 g/mol. The lowest BCUT2D eigenvalue weighted by atomic mass is 10.2. The quantitative estimate of drug-likeness (QED) is 0.347. The molecule has 0 N–H and O–H groups in total. The average molecular weight is 365 g/mol. The summed E-state index contributed by atoms with van der Waals surface area (Å²) in [6.45, 7) is 8.35. The lowest BCUT2D eigenvalue weighted by Crippen LogP contribution is -2.37. The van der Waals surface area contributed by atoms with Crippen molar-refractivity contribution < 1.29 is 23.9 Å². The van der Waals surface area contributed by atoms with Gasteiger partial charge in [0.25, 0.3) is 0 Å². The standard InChI is InChI=1S/C20H31NO5/c1-5-24-18(22)14-10-7-11-15-21(19(23)26-20(2,3)4)25-16-17-12-8-6-9-13-17/h6,8-9,12-13H,5,7,10-11,14-16H2,1-4H3. The second kappa shape index (κ2) is 11.5. The van der Waals surface area contributed by atoms with Crippen LogP contribution in [-0.2, 0) is 25.7 Å². The number of amides is 1. The van der Waals surface area contributed by atoms with Crippen LogP contribution in [0, 0.1) is 0 Å². The zero-order chi connectivity index (χ0) is 19.4. The van der Waals surface area contributed by atoms with Crippen molar-refractivity contribution in [2.75, 3.05) is 13.2 Å². The summed E-state index contributed by atoms with van der Waals surface area (Å²) in [5, 5.41) is 1.27. The maximum absolute atomic E-state index is 12.3. The lowest BCUT2D eigenvalue weighted by Gasteiger charge is -2.26. The molecule has 0 aliphatic heterocycles. The van der Waals surface area contributed by atoms with Gasteiger partial charge < -0.3 is 9.47 Å². The number of rotatable bonds is 10. The molecule has 0 aromatic heterocycles. The first-order chi connectivity index (χ1) is 12.3. The monoisotopic (exact) mass is 365 g/mol. The number of ether oxygens (including phenoxy) is 2. The predicted molar refractivity (Wildman–Crippen MR) is 99.3 cm³/mol. The summed E-state index contributed by atoms with van der Waals surface area (Å²) in [4.78, 5) is 29.3. The van der Waals surface area contributed by atoms with E-state index in [2.05, 4.69) is 0 Å². The molecule has 0 saturated heterocycles. The van der Waals surface area contributed by atoms with Crippen molar-refractivity contribution in [3.63, 3.8) is 0 Å². The second-order valence-electron chi connectivity index (χ2n) is 6.96. The number of unbranched alkanes of at least 4 members (excludes halogenated alkanes) is 2. The van der Waals surface area contributed by atoms with Crippen molar-refractivity contribution in [3.8, 4) is 0 Å². The molecule has 26 heavy (non-hydrogen) atoms. The van der Waals surface area contributed by atoms with Gasteiger partial charge in [0.05, 0.1) is 13.2 Å². The van der Waals surface area contributed by atoms with Crippen LogP contribution in [0.1, 0.15) is 58.9 Å². The SMILES string of the molecule is CCOC(=O)CCCCCN(OCc1ccccc1)C(=O)OC(C)(C)C. The van der Waals surface area contributed by atoms with Gasteiger partial charge in [-0.15, -0.1) is 0 Å². The van der Waals surface area contributed by atoms with Gasteiger partial charge in [-0.3, -0.25) is 9.63 Å². The Bertz CT molecular complexity index is 539. The molecule has 0 heterocycles. The Morgan fingerprint density at radius 1 is 1.04 bits per heavy atom. The first-order valence-electron chi connectivity index (χ1n) is 9.15. The summed E-state index contributed by atoms with van der Waals surface area (Å²) in [5.41, 5.74) is 0.387. The van der Waals surface area contributed by atoms with Crippen LogP contribution in [0.2, 0.25) is 0 Å². The third-order valence-corrected chi connectivity index (χ3v) is 3.37. The van der Waals surface area contributed by atoms with Gasteiger partial charge in [0.2, 0.25) is 0 Å². The van der Waals surface area contributed by atoms with Crippen molar-refractivity contribution in [2.24, 2.45) is 0 Å². The van der Waals surface area contributed by atoms with Crippen molar-refractivity contribution in [2.45, 2.75) is 65.6 Å². The van der Waals surface area contributed by atoms with Gasteiger partial charge in [0.15, 0.2) is 0 Å². The molecule has 0 bridgehead atoms. The summed E-state index contributed by atoms with van der Waals surface area (Å²) < 4.78 is 10.3. The topological polar surface area (TPSA) is 65.1 Å². The van der Waals surface area contributed by atoms with Crippen LogP contribution < -0.4 is 0 Å². The van der Waals surface area contributed by atoms with Crippen molar-refractivity contribution in [1.82, 2.24) is 5.06 Å². The molecule has 0 atom stereocenters. The van der Waals surface area contributed by atoms with E-state index in [1.165, 1.54) is 5.06 Å². The third kappa shape index (κ3) is 10.0. The first-order valence-corrected chi connectivity index (χ1v) is 9.15. The normalized spacial score (nSPS) is 11.1. The Morgan fingerprint density at radius 3 is 2.35 bits per heavy atom. The molecule has 146 valence electrons. The van der Waals surface area contributed by atoms with Gasteiger partial charge in [0.1, 0.15) is 12.2 Å². The van der Waals surface area contributed by atoms with E-state index in [0.29, 0.717) is 32.6 Å². The molecule has 0 saturated carbocycles. The van der Waals surface area contributed by atoms with Crippen molar-refractivity contribution in [3.05, 3.63) is 35.9 Å². The molecule has 0 spiro atoms. The molecule has 0 aliphatic carbocycles. The Balaban J connectivity index is 2.46. The zero-order valence-electron chi connectivity index (χ0n) is 16.3. The Morgan fingerprint density at radius 2 is 1.73 bits per heavy atom. The molecule has 1 rings (SSSR count). The smallest absolute Gasteiger partial charge is 0.434 e. The zero-order valence-corrected chi connectivity index (χ0v) is 16.3. The summed E-state index contributed by atoms with van der Waals surface area (Å²) in [6.07, 6.45) is 2.13. The van der Waals surface area contributed by atoms with E-state index in [4.69, 9.17) is 14.3 Å². The number of benzene rings is 1. The number of carbonyl (C=O) groups excluding carboxylic acids is 2. The fourth-order valence-corrected chi connectivity index (χ4v) is 2.18. The Labute approximate surface area is 156 Å². The van der Waals surface area contributed by atoms with Crippen LogP contribution >= 0.6 is 0 Å². The second-order valence-corrected chi connectivity index (χ2v) is 6.96. The van der Waals surface area contributed by atoms with E-state index < -0.39 is 11.7 Å². The van der Waals surface area contributed by atoms with Crippen LogP contribution in [0.15, 0.2) is 30.3 Å². The summed E-state index contributed by atoms with van der Waals surface area (Å²) in [6, 6.07) is 9.65. The maximum atomic E-state index is 12.3. The Hall–Kier alpha value is -2.08. The minimum atomic E-state index is -0.588. The molecule has 6 heteroatoms. The highest BCUT2D eigenvalue weighted by Gasteiger charge is 2.22. The average Bonchev–Trinajstić information content (AvgIpc) is 2.56. The van der Waals surface area contributed by atoms with E-state index in [1.807, 2.05) is 51.1 Å². The van der Waals surface area contributed by atoms with E-state index in [9.17, 15) is 9.59 Å². The highest BCUT2D eigenvalue weighted by atomic mass is 16.7. The predicted octanol–water partition coefficient (Wildman–Crippen LogP) is 4.48. The maximum Gasteiger partial charge on any atom is 0.434 e. The highest BCUT2D eigenvalue weighted by molar-refractivity contribution is 5.69. The molecular formula is C20H31NO5. The van der Waals surface area contributed by atoms with E-state index in [1.54, 1.807) is 6.92 Å². The van der Waals surface area contributed by atoms with Gasteiger partial charge in [0, 0.05) is 6.42 Å². The summed E-state index contributed by atoms with van der Waals surface area (Å²) in [7, 11) is 0. The van der Waals surface area contributed by atoms with Crippen molar-refractivity contribution >= 4 is 12.1 Å². The molecule has 0 unspecified atom stereocenters. The number of hydrogen-bond donors (Lipinski definition) is 0. The lowest BCUT2D eigenvalue weighted by molar-refractivity contribution is -0.156. The van der Waals surface area contributed by atoms with Gasteiger partial charge in [-0.2, -0.15) is 5.06 Å². The number of nitrogens with zero attached hydrogens (tertiary/aromatic N) is 1. The van der Waals surface area contributed by atoms with Crippen LogP contribution in [0.4, 0.5) is 4.79 Å². The minimum Gasteiger partial charge on any atom is -0.466 e. The number of hydrogen-bond acceptors (Lipinski definition) is 5. The fourth-order valence-electron chi connectivity index (χ4n) is 2.18. The molecule has 1 aromatic carbocycles. The molecule has 6 nitrogen and oxygen atoms in total. The van der Waals surface area contributed by atoms with Crippen LogP contribution in [0.5, 0.6) is 0 Å². The minimum absolute atomic E-state index is 0.183. The van der Waals surface area contributed by atoms with Gasteiger partial charge >= 0.3 is 12.1 Å². The molecule has 1 amide bonds. The molecule has 0 aliphatic rings. The molecule has 0 fully saturated rings. The molecule has 1 aromatic rings. The first kappa shape index (κ1) is 22.0. The van der Waals surface area contributed by atoms with Gasteiger partial charge in [-0.05, 0) is 46.1 Å². The Kier molecular flexibility index (Phi) is 9.73. The van der Waals surface area contributed by atoms with Crippen LogP contribution in [0.25, 0.3) is 0 Å². The molecule has 0 radical (unpaired) electrons. The largest absolute Gasteiger partial charge is 0.466 e. The van der Waals surface area contributed by atoms with E-state index >= 15 is 0 Å². The van der Waals surface area contributed by atoms with Crippen LogP contribution in [0.3, 0.4) is 0 Å². The number of esters is 1. The third-order valence-electron chi connectivity index (χ3n) is 3.37. The van der Waals surface area contributed by atoms with Gasteiger partial charge in [-0.1, -0.05) is 36.8 Å². The number of carbonyl (C=O) groups is 2. The van der Waals surface area contributed by atoms with E-state index in [0.717, 1.165) is 18.4 Å². The van der Waals surface area contributed by atoms with Crippen molar-refractivity contribution in [1.29, 1.82) is 0 Å². The number of hydroxylamine groups is 2. The fraction of sp³-hybridized carbons (Fsp3) is 0.600. The summed E-state index contributed by atoms with van der Waals surface area (Å²) >= 11 is 0. The highest BCUT2D eigenvalue weighted by Crippen LogP contribution is 2.13. The summed E-state index contributed by atoms with van der Waals surface area (Å²) in [5.74, 6) is -0.183. The van der Waals surface area contributed by atoms with Gasteiger partial charge in [-0.25, -0.2) is 4.79 Å². The van der Waals surface area contributed by atoms with Crippen LogP contribution in [-0.4, -0.2) is 35.9 Å².